The molecule has 1 aliphatic heterocycles. The van der Waals surface area contributed by atoms with Crippen LogP contribution in [0.4, 0.5) is 0 Å². The third kappa shape index (κ3) is 4.32. The molecular weight excluding hydrogens is 372 g/mol. The van der Waals surface area contributed by atoms with Gasteiger partial charge in [0, 0.05) is 18.3 Å². The summed E-state index contributed by atoms with van der Waals surface area (Å²) in [5.74, 6) is 0.371. The number of rotatable bonds is 5. The Hall–Kier alpha value is -2.48. The van der Waals surface area contributed by atoms with E-state index in [9.17, 15) is 8.42 Å². The van der Waals surface area contributed by atoms with Crippen molar-refractivity contribution in [2.45, 2.75) is 30.2 Å². The second-order valence-electron chi connectivity index (χ2n) is 7.36. The Kier molecular flexibility index (Phi) is 5.30. The molecule has 0 aliphatic carbocycles. The van der Waals surface area contributed by atoms with Crippen molar-refractivity contribution in [3.05, 3.63) is 72.1 Å². The number of likely N-dealkylation sites (tertiary alicyclic amines) is 1. The molecule has 1 fully saturated rings. The number of aromatic nitrogens is 2. The molecule has 0 radical (unpaired) electrons. The van der Waals surface area contributed by atoms with Gasteiger partial charge in [-0.2, -0.15) is 5.10 Å². The Balaban J connectivity index is 1.39. The zero-order valence-corrected chi connectivity index (χ0v) is 16.4. The normalized spacial score (nSPS) is 16.3. The second kappa shape index (κ2) is 7.87. The average molecular weight is 397 g/mol. The topological polar surface area (TPSA) is 92.1 Å². The van der Waals surface area contributed by atoms with E-state index < -0.39 is 10.0 Å². The van der Waals surface area contributed by atoms with Crippen molar-refractivity contribution in [2.75, 3.05) is 13.1 Å². The summed E-state index contributed by atoms with van der Waals surface area (Å²) in [6.45, 7) is 2.88. The van der Waals surface area contributed by atoms with Crippen molar-refractivity contribution in [2.24, 2.45) is 5.14 Å². The highest BCUT2D eigenvalue weighted by atomic mass is 32.2. The molecule has 0 bridgehead atoms. The fraction of sp³-hybridized carbons (Fsp3) is 0.286. The Morgan fingerprint density at radius 2 is 1.86 bits per heavy atom. The number of piperidine rings is 1. The molecule has 146 valence electrons. The molecule has 0 saturated carbocycles. The molecule has 0 spiro atoms. The van der Waals surface area contributed by atoms with Crippen LogP contribution in [-0.4, -0.2) is 36.6 Å². The van der Waals surface area contributed by atoms with Crippen LogP contribution in [0.1, 0.15) is 29.9 Å². The van der Waals surface area contributed by atoms with Gasteiger partial charge in [-0.05, 0) is 66.7 Å². The fourth-order valence-electron chi connectivity index (χ4n) is 3.89. The third-order valence-corrected chi connectivity index (χ3v) is 6.32. The number of aromatic amines is 1. The smallest absolute Gasteiger partial charge is 0.238 e. The van der Waals surface area contributed by atoms with Gasteiger partial charge in [0.2, 0.25) is 10.0 Å². The van der Waals surface area contributed by atoms with E-state index in [1.165, 1.54) is 11.1 Å². The second-order valence-corrected chi connectivity index (χ2v) is 8.92. The van der Waals surface area contributed by atoms with Crippen molar-refractivity contribution in [1.82, 2.24) is 15.1 Å². The highest BCUT2D eigenvalue weighted by Gasteiger charge is 2.22. The van der Waals surface area contributed by atoms with Gasteiger partial charge in [-0.3, -0.25) is 10.00 Å². The van der Waals surface area contributed by atoms with Crippen LogP contribution < -0.4 is 5.14 Å². The zero-order valence-electron chi connectivity index (χ0n) is 15.6. The van der Waals surface area contributed by atoms with E-state index in [0.29, 0.717) is 5.92 Å². The molecule has 4 rings (SSSR count). The lowest BCUT2D eigenvalue weighted by molar-refractivity contribution is 0.204. The van der Waals surface area contributed by atoms with Gasteiger partial charge in [0.1, 0.15) is 0 Å². The molecule has 2 heterocycles. The lowest BCUT2D eigenvalue weighted by Crippen LogP contribution is -2.32. The number of nitrogens with one attached hydrogen (secondary N) is 1. The lowest BCUT2D eigenvalue weighted by atomic mass is 9.89. The van der Waals surface area contributed by atoms with Gasteiger partial charge in [0.15, 0.2) is 0 Å². The summed E-state index contributed by atoms with van der Waals surface area (Å²) in [6, 6.07) is 15.6. The van der Waals surface area contributed by atoms with Gasteiger partial charge in [0.05, 0.1) is 11.1 Å². The molecular formula is C21H24N4O2S. The predicted octanol–water partition coefficient (Wildman–Crippen LogP) is 3.10. The van der Waals surface area contributed by atoms with Gasteiger partial charge < -0.3 is 0 Å². The van der Waals surface area contributed by atoms with Crippen LogP contribution in [0.5, 0.6) is 0 Å². The maximum absolute atomic E-state index is 11.6. The summed E-state index contributed by atoms with van der Waals surface area (Å²) < 4.78 is 23.2. The lowest BCUT2D eigenvalue weighted by Gasteiger charge is -2.32. The quantitative estimate of drug-likeness (QED) is 0.693. The fourth-order valence-corrected chi connectivity index (χ4v) is 4.45. The van der Waals surface area contributed by atoms with Crippen LogP contribution in [-0.2, 0) is 16.6 Å². The Bertz CT molecular complexity index is 1040. The first-order chi connectivity index (χ1) is 13.5. The minimum atomic E-state index is -3.66. The Morgan fingerprint density at radius 1 is 1.07 bits per heavy atom. The molecule has 0 amide bonds. The number of hydrogen-bond acceptors (Lipinski definition) is 4. The number of hydrogen-bond donors (Lipinski definition) is 2. The molecule has 1 aliphatic rings. The number of primary sulfonamides is 1. The van der Waals surface area contributed by atoms with Crippen molar-refractivity contribution >= 4 is 10.0 Å². The molecule has 28 heavy (non-hydrogen) atoms. The highest BCUT2D eigenvalue weighted by molar-refractivity contribution is 7.89. The van der Waals surface area contributed by atoms with E-state index in [-0.39, 0.29) is 4.90 Å². The predicted molar refractivity (Wildman–Crippen MR) is 109 cm³/mol. The van der Waals surface area contributed by atoms with Crippen LogP contribution in [0.3, 0.4) is 0 Å². The SMILES string of the molecule is NS(=O)(=O)c1cccc(C2CCN(Cc3cccc(-c4cn[nH]c4)c3)CC2)c1. The van der Waals surface area contributed by atoms with Gasteiger partial charge in [-0.15, -0.1) is 0 Å². The van der Waals surface area contributed by atoms with Crippen molar-refractivity contribution in [3.8, 4) is 11.1 Å². The van der Waals surface area contributed by atoms with Gasteiger partial charge in [-0.25, -0.2) is 13.6 Å². The van der Waals surface area contributed by atoms with E-state index in [0.717, 1.165) is 43.6 Å². The van der Waals surface area contributed by atoms with E-state index in [2.05, 4.69) is 39.4 Å². The minimum Gasteiger partial charge on any atom is -0.299 e. The van der Waals surface area contributed by atoms with Crippen molar-refractivity contribution < 1.29 is 8.42 Å². The Morgan fingerprint density at radius 3 is 2.57 bits per heavy atom. The van der Waals surface area contributed by atoms with Crippen molar-refractivity contribution in [1.29, 1.82) is 0 Å². The molecule has 1 saturated heterocycles. The molecule has 3 N–H and O–H groups in total. The summed E-state index contributed by atoms with van der Waals surface area (Å²) in [6.07, 6.45) is 5.76. The first-order valence-corrected chi connectivity index (χ1v) is 11.0. The first-order valence-electron chi connectivity index (χ1n) is 9.42. The minimum absolute atomic E-state index is 0.198. The van der Waals surface area contributed by atoms with E-state index in [1.54, 1.807) is 18.2 Å². The van der Waals surface area contributed by atoms with E-state index in [1.807, 2.05) is 18.5 Å². The molecule has 3 aromatic rings. The summed E-state index contributed by atoms with van der Waals surface area (Å²) in [4.78, 5) is 2.65. The monoisotopic (exact) mass is 396 g/mol. The van der Waals surface area contributed by atoms with Gasteiger partial charge >= 0.3 is 0 Å². The highest BCUT2D eigenvalue weighted by Crippen LogP contribution is 2.30. The first kappa shape index (κ1) is 18.9. The molecule has 0 atom stereocenters. The molecule has 0 unspecified atom stereocenters. The zero-order chi connectivity index (χ0) is 19.6. The summed E-state index contributed by atoms with van der Waals surface area (Å²) in [5.41, 5.74) is 4.61. The largest absolute Gasteiger partial charge is 0.299 e. The standard InChI is InChI=1S/C21H24N4O2S/c22-28(26,27)21-6-2-5-19(12-21)17-7-9-25(10-8-17)15-16-3-1-4-18(11-16)20-13-23-24-14-20/h1-6,11-14,17H,7-10,15H2,(H,23,24)(H2,22,26,27). The maximum atomic E-state index is 11.6. The number of nitrogens with zero attached hydrogens (tertiary/aromatic N) is 2. The average Bonchev–Trinajstić information content (AvgIpc) is 3.23. The molecule has 1 aromatic heterocycles. The van der Waals surface area contributed by atoms with Gasteiger partial charge in [-0.1, -0.05) is 30.3 Å². The van der Waals surface area contributed by atoms with Crippen LogP contribution in [0, 0.1) is 0 Å². The van der Waals surface area contributed by atoms with Crippen LogP contribution >= 0.6 is 0 Å². The van der Waals surface area contributed by atoms with Crippen LogP contribution in [0.25, 0.3) is 11.1 Å². The third-order valence-electron chi connectivity index (χ3n) is 5.41. The number of sulfonamides is 1. The number of benzene rings is 2. The molecule has 2 aromatic carbocycles. The number of nitrogens with two attached hydrogens (primary N) is 1. The number of H-pyrrole nitrogens is 1. The van der Waals surface area contributed by atoms with E-state index in [4.69, 9.17) is 5.14 Å². The van der Waals surface area contributed by atoms with E-state index >= 15 is 0 Å². The molecule has 7 heteroatoms. The van der Waals surface area contributed by atoms with Crippen LogP contribution in [0.2, 0.25) is 0 Å². The molecule has 6 nitrogen and oxygen atoms in total. The summed E-state index contributed by atoms with van der Waals surface area (Å²) >= 11 is 0. The van der Waals surface area contributed by atoms with Crippen molar-refractivity contribution in [3.63, 3.8) is 0 Å². The van der Waals surface area contributed by atoms with Gasteiger partial charge in [0.25, 0.3) is 0 Å². The summed E-state index contributed by atoms with van der Waals surface area (Å²) in [5, 5.41) is 12.1. The Labute approximate surface area is 165 Å². The summed E-state index contributed by atoms with van der Waals surface area (Å²) in [7, 11) is -3.66. The maximum Gasteiger partial charge on any atom is 0.238 e. The van der Waals surface area contributed by atoms with Crippen LogP contribution in [0.15, 0.2) is 65.8 Å².